The summed E-state index contributed by atoms with van der Waals surface area (Å²) in [5.74, 6) is 0.254. The lowest BCUT2D eigenvalue weighted by Crippen LogP contribution is -2.14. The molecule has 0 amide bonds. The van der Waals surface area contributed by atoms with Gasteiger partial charge < -0.3 is 5.32 Å². The second kappa shape index (κ2) is 4.96. The monoisotopic (exact) mass is 126 g/mol. The Kier molecular flexibility index (Phi) is 4.30. The number of rotatable bonds is 4. The molecule has 0 saturated carbocycles. The van der Waals surface area contributed by atoms with Crippen LogP contribution in [0, 0.1) is 10.8 Å². The zero-order chi connectivity index (χ0) is 7.11. The third-order valence-corrected chi connectivity index (χ3v) is 0.799. The van der Waals surface area contributed by atoms with Crippen molar-refractivity contribution in [2.45, 2.75) is 6.42 Å². The number of amidine groups is 1. The van der Waals surface area contributed by atoms with E-state index in [0.717, 1.165) is 6.34 Å². The van der Waals surface area contributed by atoms with Crippen LogP contribution in [0.2, 0.25) is 0 Å². The highest BCUT2D eigenvalue weighted by Crippen LogP contribution is 1.79. The maximum absolute atomic E-state index is 6.97. The molecule has 0 bridgehead atoms. The van der Waals surface area contributed by atoms with Gasteiger partial charge in [0, 0.05) is 13.0 Å². The van der Waals surface area contributed by atoms with Gasteiger partial charge in [-0.3, -0.25) is 10.8 Å². The second-order valence-corrected chi connectivity index (χ2v) is 1.45. The summed E-state index contributed by atoms with van der Waals surface area (Å²) in [5.41, 5.74) is 0. The minimum atomic E-state index is 0.254. The first-order chi connectivity index (χ1) is 4.31. The molecule has 0 radical (unpaired) electrons. The van der Waals surface area contributed by atoms with E-state index in [1.807, 2.05) is 0 Å². The summed E-state index contributed by atoms with van der Waals surface area (Å²) in [6.45, 7) is 3.76. The first-order valence-electron chi connectivity index (χ1n) is 2.57. The molecule has 0 atom stereocenters. The Labute approximate surface area is 54.0 Å². The number of nitrogens with zero attached hydrogens (tertiary/aromatic N) is 1. The van der Waals surface area contributed by atoms with Gasteiger partial charge in [-0.1, -0.05) is 0 Å². The predicted molar refractivity (Wildman–Crippen MR) is 38.7 cm³/mol. The molecule has 0 aromatic heterocycles. The van der Waals surface area contributed by atoms with Gasteiger partial charge in [-0.25, -0.2) is 4.99 Å². The minimum absolute atomic E-state index is 0.254. The Morgan fingerprint density at radius 1 is 1.78 bits per heavy atom. The normalized spacial score (nSPS) is 8.00. The van der Waals surface area contributed by atoms with Crippen LogP contribution in [0.25, 0.3) is 0 Å². The molecule has 0 aliphatic rings. The summed E-state index contributed by atoms with van der Waals surface area (Å²) in [5, 5.41) is 16.1. The van der Waals surface area contributed by atoms with Crippen LogP contribution in [0.4, 0.5) is 0 Å². The molecular weight excluding hydrogens is 116 g/mol. The van der Waals surface area contributed by atoms with Crippen LogP contribution >= 0.6 is 0 Å². The van der Waals surface area contributed by atoms with E-state index in [4.69, 9.17) is 10.8 Å². The molecule has 0 heterocycles. The summed E-state index contributed by atoms with van der Waals surface area (Å²) in [7, 11) is 0. The number of nitrogens with one attached hydrogen (secondary N) is 3. The fraction of sp³-hybridized carbons (Fsp3) is 0.400. The molecule has 3 N–H and O–H groups in total. The highest BCUT2D eigenvalue weighted by atomic mass is 14.9. The quantitative estimate of drug-likeness (QED) is 0.282. The summed E-state index contributed by atoms with van der Waals surface area (Å²) < 4.78 is 0. The van der Waals surface area contributed by atoms with Gasteiger partial charge in [0.1, 0.15) is 5.84 Å². The van der Waals surface area contributed by atoms with Crippen molar-refractivity contribution in [1.82, 2.24) is 5.32 Å². The highest BCUT2D eigenvalue weighted by molar-refractivity contribution is 5.83. The molecule has 0 saturated heterocycles. The van der Waals surface area contributed by atoms with Crippen LogP contribution in [0.5, 0.6) is 0 Å². The van der Waals surface area contributed by atoms with Crippen molar-refractivity contribution in [3.63, 3.8) is 0 Å². The fourth-order valence-corrected chi connectivity index (χ4v) is 0.342. The molecule has 0 spiro atoms. The SMILES string of the molecule is C=NC(=N)CCNC=N. The molecule has 0 aliphatic carbocycles. The smallest absolute Gasteiger partial charge is 0.121 e. The molecule has 50 valence electrons. The van der Waals surface area contributed by atoms with Crippen molar-refractivity contribution in [3.05, 3.63) is 0 Å². The maximum atomic E-state index is 6.97. The Hall–Kier alpha value is -1.19. The predicted octanol–water partition coefficient (Wildman–Crippen LogP) is 0.251. The van der Waals surface area contributed by atoms with Gasteiger partial charge in [0.15, 0.2) is 0 Å². The van der Waals surface area contributed by atoms with Gasteiger partial charge in [0.05, 0.1) is 6.34 Å². The van der Waals surface area contributed by atoms with E-state index in [1.54, 1.807) is 0 Å². The van der Waals surface area contributed by atoms with Crippen LogP contribution in [0.3, 0.4) is 0 Å². The van der Waals surface area contributed by atoms with E-state index in [-0.39, 0.29) is 5.84 Å². The average Bonchev–Trinajstić information content (AvgIpc) is 1.89. The molecule has 9 heavy (non-hydrogen) atoms. The van der Waals surface area contributed by atoms with Crippen LogP contribution in [-0.4, -0.2) is 25.4 Å². The topological polar surface area (TPSA) is 72.1 Å². The number of aliphatic imine (C=N–C) groups is 1. The summed E-state index contributed by atoms with van der Waals surface area (Å²) in [6, 6.07) is 0. The lowest BCUT2D eigenvalue weighted by atomic mass is 10.4. The standard InChI is InChI=1S/C5H10N4/c1-8-5(7)2-3-9-4-6/h4,7H,1-3H2,(H2,6,9). The average molecular weight is 126 g/mol. The first-order valence-corrected chi connectivity index (χ1v) is 2.57. The van der Waals surface area contributed by atoms with Crippen LogP contribution in [0.1, 0.15) is 6.42 Å². The molecule has 0 aliphatic heterocycles. The van der Waals surface area contributed by atoms with Gasteiger partial charge >= 0.3 is 0 Å². The van der Waals surface area contributed by atoms with Crippen LogP contribution in [-0.2, 0) is 0 Å². The molecule has 4 nitrogen and oxygen atoms in total. The first kappa shape index (κ1) is 7.81. The molecule has 0 rings (SSSR count). The third-order valence-electron chi connectivity index (χ3n) is 0.799. The van der Waals surface area contributed by atoms with Crippen molar-refractivity contribution in [2.24, 2.45) is 4.99 Å². The third kappa shape index (κ3) is 4.67. The Balaban J connectivity index is 3.16. The van der Waals surface area contributed by atoms with E-state index in [1.165, 1.54) is 0 Å². The number of hydrogen-bond acceptors (Lipinski definition) is 2. The van der Waals surface area contributed by atoms with Gasteiger partial charge in [-0.15, -0.1) is 0 Å². The zero-order valence-corrected chi connectivity index (χ0v) is 5.15. The van der Waals surface area contributed by atoms with Crippen LogP contribution in [0.15, 0.2) is 4.99 Å². The molecule has 0 unspecified atom stereocenters. The fourth-order valence-electron chi connectivity index (χ4n) is 0.342. The lowest BCUT2D eigenvalue weighted by Gasteiger charge is -1.95. The minimum Gasteiger partial charge on any atom is -0.376 e. The Bertz CT molecular complexity index is 118. The van der Waals surface area contributed by atoms with Gasteiger partial charge in [0.2, 0.25) is 0 Å². The molecule has 0 fully saturated rings. The van der Waals surface area contributed by atoms with Crippen molar-refractivity contribution in [1.29, 1.82) is 10.8 Å². The molecular formula is C5H10N4. The van der Waals surface area contributed by atoms with Crippen LogP contribution < -0.4 is 5.32 Å². The summed E-state index contributed by atoms with van der Waals surface area (Å²) in [4.78, 5) is 3.38. The van der Waals surface area contributed by atoms with E-state index in [9.17, 15) is 0 Å². The second-order valence-electron chi connectivity index (χ2n) is 1.45. The largest absolute Gasteiger partial charge is 0.376 e. The van der Waals surface area contributed by atoms with Crippen molar-refractivity contribution in [3.8, 4) is 0 Å². The summed E-state index contributed by atoms with van der Waals surface area (Å²) in [6.07, 6.45) is 1.62. The molecule has 4 heteroatoms. The molecule has 0 aromatic carbocycles. The van der Waals surface area contributed by atoms with E-state index >= 15 is 0 Å². The zero-order valence-electron chi connectivity index (χ0n) is 5.15. The van der Waals surface area contributed by atoms with Gasteiger partial charge in [-0.2, -0.15) is 0 Å². The van der Waals surface area contributed by atoms with Crippen molar-refractivity contribution in [2.75, 3.05) is 6.54 Å². The number of hydrogen-bond donors (Lipinski definition) is 3. The summed E-state index contributed by atoms with van der Waals surface area (Å²) >= 11 is 0. The van der Waals surface area contributed by atoms with Crippen molar-refractivity contribution >= 4 is 18.9 Å². The maximum Gasteiger partial charge on any atom is 0.121 e. The Morgan fingerprint density at radius 2 is 2.44 bits per heavy atom. The Morgan fingerprint density at radius 3 is 2.89 bits per heavy atom. The van der Waals surface area contributed by atoms with Gasteiger partial charge in [-0.05, 0) is 6.72 Å². The molecule has 0 aromatic rings. The van der Waals surface area contributed by atoms with E-state index in [2.05, 4.69) is 17.0 Å². The lowest BCUT2D eigenvalue weighted by molar-refractivity contribution is 0.914. The van der Waals surface area contributed by atoms with Gasteiger partial charge in [0.25, 0.3) is 0 Å². The van der Waals surface area contributed by atoms with E-state index in [0.29, 0.717) is 13.0 Å². The van der Waals surface area contributed by atoms with Crippen molar-refractivity contribution < 1.29 is 0 Å². The highest BCUT2D eigenvalue weighted by Gasteiger charge is 1.87. The van der Waals surface area contributed by atoms with E-state index < -0.39 is 0 Å².